The van der Waals surface area contributed by atoms with E-state index in [-0.39, 0.29) is 43.4 Å². The predicted molar refractivity (Wildman–Crippen MR) is 138 cm³/mol. The Hall–Kier alpha value is -1.89. The highest BCUT2D eigenvalue weighted by atomic mass is 16.4. The molecule has 0 bridgehead atoms. The molecule has 0 saturated heterocycles. The van der Waals surface area contributed by atoms with Gasteiger partial charge in [-0.1, -0.05) is 76.9 Å². The smallest absolute Gasteiger partial charge is 0.309 e. The number of unbranched alkanes of at least 4 members (excludes halogenated alkanes) is 13. The van der Waals surface area contributed by atoms with E-state index in [1.54, 1.807) is 0 Å². The Morgan fingerprint density at radius 2 is 1.00 bits per heavy atom. The average Bonchev–Trinajstić information content (AvgIpc) is 2.81. The summed E-state index contributed by atoms with van der Waals surface area (Å²) in [6.07, 6.45) is 22.4. The molecule has 0 rings (SSSR count). The van der Waals surface area contributed by atoms with E-state index in [4.69, 9.17) is 10.2 Å². The van der Waals surface area contributed by atoms with E-state index >= 15 is 0 Å². The number of carboxylic acid groups (broad SMARTS) is 3. The van der Waals surface area contributed by atoms with Crippen molar-refractivity contribution < 1.29 is 34.2 Å². The van der Waals surface area contributed by atoms with Crippen molar-refractivity contribution in [2.75, 3.05) is 26.2 Å². The van der Waals surface area contributed by atoms with Gasteiger partial charge in [-0.15, -0.1) is 0 Å². The van der Waals surface area contributed by atoms with Crippen LogP contribution in [0, 0.1) is 0 Å². The molecule has 35 heavy (non-hydrogen) atoms. The van der Waals surface area contributed by atoms with E-state index in [1.807, 2.05) is 0 Å². The SMILES string of the molecule is CCCCCC/C=C/CCCCCCCCCCC[N+](CCC(=O)[O-])(CCC(=O)O)CCC(=O)O. The Balaban J connectivity index is 4.05. The first-order chi connectivity index (χ1) is 16.8. The fourth-order valence-electron chi connectivity index (χ4n) is 4.54. The molecule has 0 spiro atoms. The summed E-state index contributed by atoms with van der Waals surface area (Å²) in [5.74, 6) is -3.08. The van der Waals surface area contributed by atoms with Gasteiger partial charge in [0.05, 0.1) is 39.0 Å². The second-order valence-electron chi connectivity index (χ2n) is 9.94. The normalized spacial score (nSPS) is 11.8. The topological polar surface area (TPSA) is 115 Å². The lowest BCUT2D eigenvalue weighted by atomic mass is 10.1. The molecule has 0 radical (unpaired) electrons. The molecule has 0 aliphatic heterocycles. The number of allylic oxidation sites excluding steroid dienone is 2. The molecule has 0 aromatic carbocycles. The van der Waals surface area contributed by atoms with Crippen LogP contribution in [0.2, 0.25) is 0 Å². The van der Waals surface area contributed by atoms with Crippen LogP contribution in [0.25, 0.3) is 0 Å². The van der Waals surface area contributed by atoms with Crippen LogP contribution >= 0.6 is 0 Å². The Morgan fingerprint density at radius 1 is 0.600 bits per heavy atom. The van der Waals surface area contributed by atoms with Crippen LogP contribution in [-0.4, -0.2) is 58.8 Å². The zero-order valence-electron chi connectivity index (χ0n) is 22.2. The number of carboxylic acids is 3. The molecule has 2 N–H and O–H groups in total. The molecule has 0 atom stereocenters. The highest BCUT2D eigenvalue weighted by molar-refractivity contribution is 5.67. The van der Waals surface area contributed by atoms with E-state index in [1.165, 1.54) is 77.0 Å². The molecule has 0 amide bonds. The molecule has 7 heteroatoms. The average molecular weight is 498 g/mol. The van der Waals surface area contributed by atoms with Crippen molar-refractivity contribution >= 4 is 17.9 Å². The number of carbonyl (C=O) groups excluding carboxylic acids is 1. The second kappa shape index (κ2) is 22.6. The van der Waals surface area contributed by atoms with Gasteiger partial charge in [-0.2, -0.15) is 0 Å². The highest BCUT2D eigenvalue weighted by Crippen LogP contribution is 2.17. The Bertz CT molecular complexity index is 544. The minimum Gasteiger partial charge on any atom is -0.550 e. The van der Waals surface area contributed by atoms with Gasteiger partial charge in [-0.25, -0.2) is 0 Å². The van der Waals surface area contributed by atoms with Gasteiger partial charge in [0, 0.05) is 12.4 Å². The standard InChI is InChI=1S/C28H51NO6/c1-2-3-4-5-6-7-8-9-10-11-12-13-14-15-16-17-18-22-29(23-19-26(30)31,24-20-27(32)33)25-21-28(34)35/h7-8H,2-6,9-25H2,1H3,(H2-,30,31,32,33,34,35)/b8-7+. The Labute approximate surface area is 213 Å². The summed E-state index contributed by atoms with van der Waals surface area (Å²) >= 11 is 0. The maximum atomic E-state index is 11.1. The van der Waals surface area contributed by atoms with E-state index in [0.29, 0.717) is 6.54 Å². The van der Waals surface area contributed by atoms with Crippen molar-refractivity contribution in [1.29, 1.82) is 0 Å². The third-order valence-electron chi connectivity index (χ3n) is 6.78. The first kappa shape index (κ1) is 33.1. The summed E-state index contributed by atoms with van der Waals surface area (Å²) in [5, 5.41) is 29.2. The fourth-order valence-corrected chi connectivity index (χ4v) is 4.54. The summed E-state index contributed by atoms with van der Waals surface area (Å²) < 4.78 is 0.222. The van der Waals surface area contributed by atoms with Crippen LogP contribution in [0.1, 0.15) is 122 Å². The summed E-state index contributed by atoms with van der Waals surface area (Å²) in [5.41, 5.74) is 0. The van der Waals surface area contributed by atoms with Crippen molar-refractivity contribution in [1.82, 2.24) is 0 Å². The monoisotopic (exact) mass is 497 g/mol. The van der Waals surface area contributed by atoms with Crippen LogP contribution in [0.15, 0.2) is 12.2 Å². The van der Waals surface area contributed by atoms with Crippen molar-refractivity contribution in [2.45, 2.75) is 122 Å². The number of aliphatic carboxylic acids is 3. The number of hydrogen-bond acceptors (Lipinski definition) is 4. The van der Waals surface area contributed by atoms with Crippen LogP contribution in [0.4, 0.5) is 0 Å². The summed E-state index contributed by atoms with van der Waals surface area (Å²) in [6.45, 7) is 3.58. The molecular formula is C28H51NO6. The third kappa shape index (κ3) is 22.3. The largest absolute Gasteiger partial charge is 0.550 e. The minimum atomic E-state index is -1.18. The van der Waals surface area contributed by atoms with Crippen LogP contribution in [0.5, 0.6) is 0 Å². The molecule has 0 fully saturated rings. The number of nitrogens with zero attached hydrogens (tertiary/aromatic N) is 1. The molecule has 204 valence electrons. The van der Waals surface area contributed by atoms with E-state index in [2.05, 4.69) is 19.1 Å². The van der Waals surface area contributed by atoms with Gasteiger partial charge in [0.2, 0.25) is 0 Å². The molecule has 0 aliphatic carbocycles. The van der Waals surface area contributed by atoms with Gasteiger partial charge in [-0.3, -0.25) is 9.59 Å². The van der Waals surface area contributed by atoms with Gasteiger partial charge in [0.15, 0.2) is 0 Å². The molecule has 0 saturated carbocycles. The molecule has 0 heterocycles. The van der Waals surface area contributed by atoms with E-state index in [9.17, 15) is 19.5 Å². The number of carbonyl (C=O) groups is 3. The maximum absolute atomic E-state index is 11.1. The third-order valence-corrected chi connectivity index (χ3v) is 6.78. The quantitative estimate of drug-likeness (QED) is 0.0949. The Kier molecular flexibility index (Phi) is 21.3. The maximum Gasteiger partial charge on any atom is 0.309 e. The molecule has 0 aromatic heterocycles. The number of hydrogen-bond donors (Lipinski definition) is 2. The van der Waals surface area contributed by atoms with Gasteiger partial charge in [0.25, 0.3) is 0 Å². The lowest BCUT2D eigenvalue weighted by molar-refractivity contribution is -0.927. The van der Waals surface area contributed by atoms with Crippen molar-refractivity contribution in [3.05, 3.63) is 12.2 Å². The second-order valence-corrected chi connectivity index (χ2v) is 9.94. The van der Waals surface area contributed by atoms with Gasteiger partial charge in [-0.05, 0) is 38.5 Å². The molecular weight excluding hydrogens is 446 g/mol. The van der Waals surface area contributed by atoms with Crippen molar-refractivity contribution in [2.24, 2.45) is 0 Å². The summed E-state index contributed by atoms with van der Waals surface area (Å²) in [6, 6.07) is 0. The summed E-state index contributed by atoms with van der Waals surface area (Å²) in [7, 11) is 0. The van der Waals surface area contributed by atoms with E-state index in [0.717, 1.165) is 19.3 Å². The minimum absolute atomic E-state index is 0.0958. The van der Waals surface area contributed by atoms with Gasteiger partial charge < -0.3 is 24.6 Å². The predicted octanol–water partition coefficient (Wildman–Crippen LogP) is 5.32. The molecule has 0 unspecified atom stereocenters. The number of rotatable bonds is 26. The van der Waals surface area contributed by atoms with Crippen LogP contribution in [0.3, 0.4) is 0 Å². The lowest BCUT2D eigenvalue weighted by Crippen LogP contribution is -2.53. The summed E-state index contributed by atoms with van der Waals surface area (Å²) in [4.78, 5) is 33.2. The number of quaternary nitrogens is 1. The lowest BCUT2D eigenvalue weighted by Gasteiger charge is -2.38. The molecule has 0 aromatic rings. The van der Waals surface area contributed by atoms with Gasteiger partial charge >= 0.3 is 11.9 Å². The van der Waals surface area contributed by atoms with Gasteiger partial charge in [0.1, 0.15) is 0 Å². The van der Waals surface area contributed by atoms with E-state index < -0.39 is 17.9 Å². The zero-order chi connectivity index (χ0) is 26.2. The van der Waals surface area contributed by atoms with Crippen LogP contribution < -0.4 is 5.11 Å². The van der Waals surface area contributed by atoms with Crippen LogP contribution in [-0.2, 0) is 14.4 Å². The first-order valence-corrected chi connectivity index (χ1v) is 13.9. The zero-order valence-corrected chi connectivity index (χ0v) is 22.2. The highest BCUT2D eigenvalue weighted by Gasteiger charge is 2.28. The fraction of sp³-hybridized carbons (Fsp3) is 0.821. The Morgan fingerprint density at radius 3 is 1.43 bits per heavy atom. The molecule has 0 aliphatic rings. The first-order valence-electron chi connectivity index (χ1n) is 13.9. The van der Waals surface area contributed by atoms with Crippen molar-refractivity contribution in [3.63, 3.8) is 0 Å². The van der Waals surface area contributed by atoms with Crippen molar-refractivity contribution in [3.8, 4) is 0 Å². The molecule has 7 nitrogen and oxygen atoms in total.